The third-order valence-electron chi connectivity index (χ3n) is 4.54. The highest BCUT2D eigenvalue weighted by Crippen LogP contribution is 2.28. The Morgan fingerprint density at radius 1 is 1.29 bits per heavy atom. The number of carbonyl (C=O) groups is 1. The summed E-state index contributed by atoms with van der Waals surface area (Å²) < 4.78 is 18.8. The average Bonchev–Trinajstić information content (AvgIpc) is 3.09. The van der Waals surface area contributed by atoms with Gasteiger partial charge in [0.2, 0.25) is 5.91 Å². The Morgan fingerprint density at radius 3 is 2.71 bits per heavy atom. The summed E-state index contributed by atoms with van der Waals surface area (Å²) in [5.41, 5.74) is -0.0968. The van der Waals surface area contributed by atoms with Crippen LogP contribution in [0.5, 0.6) is 0 Å². The van der Waals surface area contributed by atoms with Gasteiger partial charge in [-0.05, 0) is 43.2 Å². The molecule has 6 heteroatoms. The van der Waals surface area contributed by atoms with E-state index in [1.165, 1.54) is 12.1 Å². The summed E-state index contributed by atoms with van der Waals surface area (Å²) in [7, 11) is 1.63. The molecule has 1 aliphatic rings. The molecule has 0 radical (unpaired) electrons. The van der Waals surface area contributed by atoms with E-state index in [0.29, 0.717) is 18.5 Å². The number of likely N-dealkylation sites (N-methyl/N-ethyl adjacent to an activating group) is 1. The lowest BCUT2D eigenvalue weighted by atomic mass is 9.86. The van der Waals surface area contributed by atoms with Crippen LogP contribution in [0.1, 0.15) is 18.6 Å². The van der Waals surface area contributed by atoms with Gasteiger partial charge in [0.05, 0.1) is 12.8 Å². The molecule has 0 unspecified atom stereocenters. The molecule has 24 heavy (non-hydrogen) atoms. The highest BCUT2D eigenvalue weighted by atomic mass is 19.1. The van der Waals surface area contributed by atoms with E-state index in [0.717, 1.165) is 25.4 Å². The molecular weight excluding hydrogens is 309 g/mol. The summed E-state index contributed by atoms with van der Waals surface area (Å²) in [5.74, 6) is 0.534. The number of hydrogen-bond acceptors (Lipinski definition) is 4. The van der Waals surface area contributed by atoms with Crippen molar-refractivity contribution < 1.29 is 13.6 Å². The zero-order valence-corrected chi connectivity index (χ0v) is 13.7. The summed E-state index contributed by atoms with van der Waals surface area (Å²) in [6, 6.07) is 10.1. The van der Waals surface area contributed by atoms with Crippen LogP contribution in [-0.4, -0.2) is 36.5 Å². The van der Waals surface area contributed by atoms with Crippen molar-refractivity contribution in [2.45, 2.75) is 24.9 Å². The van der Waals surface area contributed by atoms with Gasteiger partial charge in [-0.3, -0.25) is 9.69 Å². The highest BCUT2D eigenvalue weighted by molar-refractivity contribution is 5.89. The van der Waals surface area contributed by atoms with Gasteiger partial charge < -0.3 is 15.1 Å². The van der Waals surface area contributed by atoms with E-state index in [-0.39, 0.29) is 11.7 Å². The SMILES string of the molecule is CNC(=O)C1(Nc2cccc(F)c2)CCN(Cc2ccco2)CC1. The molecule has 0 spiro atoms. The first-order valence-corrected chi connectivity index (χ1v) is 8.12. The maximum absolute atomic E-state index is 13.4. The van der Waals surface area contributed by atoms with Crippen molar-refractivity contribution in [1.29, 1.82) is 0 Å². The Morgan fingerprint density at radius 2 is 2.08 bits per heavy atom. The molecular formula is C18H22FN3O2. The Balaban J connectivity index is 1.70. The molecule has 3 rings (SSSR count). The number of furan rings is 1. The number of anilines is 1. The molecule has 2 aromatic rings. The maximum atomic E-state index is 13.4. The minimum Gasteiger partial charge on any atom is -0.468 e. The molecule has 2 N–H and O–H groups in total. The molecule has 1 aromatic carbocycles. The topological polar surface area (TPSA) is 57.5 Å². The zero-order valence-electron chi connectivity index (χ0n) is 13.7. The summed E-state index contributed by atoms with van der Waals surface area (Å²) in [4.78, 5) is 14.8. The van der Waals surface area contributed by atoms with Crippen LogP contribution in [0, 0.1) is 5.82 Å². The average molecular weight is 331 g/mol. The predicted molar refractivity (Wildman–Crippen MR) is 90.0 cm³/mol. The van der Waals surface area contributed by atoms with Crippen molar-refractivity contribution in [3.8, 4) is 0 Å². The molecule has 0 saturated carbocycles. The first kappa shape index (κ1) is 16.5. The molecule has 2 heterocycles. The Hall–Kier alpha value is -2.34. The fraction of sp³-hybridized carbons (Fsp3) is 0.389. The summed E-state index contributed by atoms with van der Waals surface area (Å²) in [6.45, 7) is 2.25. The lowest BCUT2D eigenvalue weighted by molar-refractivity contribution is -0.126. The van der Waals surface area contributed by atoms with Gasteiger partial charge in [0.1, 0.15) is 17.1 Å². The van der Waals surface area contributed by atoms with Gasteiger partial charge >= 0.3 is 0 Å². The number of amides is 1. The van der Waals surface area contributed by atoms with E-state index < -0.39 is 5.54 Å². The van der Waals surface area contributed by atoms with Crippen LogP contribution in [0.25, 0.3) is 0 Å². The number of likely N-dealkylation sites (tertiary alicyclic amines) is 1. The van der Waals surface area contributed by atoms with Crippen LogP contribution in [0.15, 0.2) is 47.1 Å². The smallest absolute Gasteiger partial charge is 0.245 e. The van der Waals surface area contributed by atoms with Gasteiger partial charge in [-0.2, -0.15) is 0 Å². The van der Waals surface area contributed by atoms with Crippen LogP contribution in [0.4, 0.5) is 10.1 Å². The second-order valence-electron chi connectivity index (χ2n) is 6.15. The third-order valence-corrected chi connectivity index (χ3v) is 4.54. The highest BCUT2D eigenvalue weighted by Gasteiger charge is 2.41. The molecule has 1 aromatic heterocycles. The van der Waals surface area contributed by atoms with Crippen LogP contribution in [0.3, 0.4) is 0 Å². The fourth-order valence-electron chi connectivity index (χ4n) is 3.21. The number of halogens is 1. The lowest BCUT2D eigenvalue weighted by Gasteiger charge is -2.41. The molecule has 1 saturated heterocycles. The zero-order chi connectivity index (χ0) is 17.0. The standard InChI is InChI=1S/C18H22FN3O2/c1-20-17(23)18(21-15-5-2-4-14(19)12-15)7-9-22(10-8-18)13-16-6-3-11-24-16/h2-6,11-12,21H,7-10,13H2,1H3,(H,20,23). The molecule has 1 aliphatic heterocycles. The molecule has 0 atom stereocenters. The number of nitrogens with one attached hydrogen (secondary N) is 2. The molecule has 1 amide bonds. The summed E-state index contributed by atoms with van der Waals surface area (Å²) >= 11 is 0. The Bertz CT molecular complexity index is 679. The molecule has 1 fully saturated rings. The number of hydrogen-bond donors (Lipinski definition) is 2. The van der Waals surface area contributed by atoms with Crippen LogP contribution >= 0.6 is 0 Å². The first-order chi connectivity index (χ1) is 11.6. The second-order valence-corrected chi connectivity index (χ2v) is 6.15. The van der Waals surface area contributed by atoms with Crippen LogP contribution in [-0.2, 0) is 11.3 Å². The number of benzene rings is 1. The van der Waals surface area contributed by atoms with Gasteiger partial charge in [0, 0.05) is 25.8 Å². The second kappa shape index (κ2) is 7.05. The van der Waals surface area contributed by atoms with Crippen molar-refractivity contribution in [3.05, 3.63) is 54.2 Å². The van der Waals surface area contributed by atoms with E-state index in [2.05, 4.69) is 15.5 Å². The maximum Gasteiger partial charge on any atom is 0.245 e. The summed E-state index contributed by atoms with van der Waals surface area (Å²) in [5, 5.41) is 6.00. The number of rotatable bonds is 5. The van der Waals surface area contributed by atoms with Crippen molar-refractivity contribution in [2.75, 3.05) is 25.5 Å². The number of piperidine rings is 1. The quantitative estimate of drug-likeness (QED) is 0.884. The van der Waals surface area contributed by atoms with Gasteiger partial charge in [-0.1, -0.05) is 6.07 Å². The molecule has 5 nitrogen and oxygen atoms in total. The largest absolute Gasteiger partial charge is 0.468 e. The van der Waals surface area contributed by atoms with Crippen molar-refractivity contribution >= 4 is 11.6 Å². The fourth-order valence-corrected chi connectivity index (χ4v) is 3.21. The van der Waals surface area contributed by atoms with Crippen molar-refractivity contribution in [1.82, 2.24) is 10.2 Å². The van der Waals surface area contributed by atoms with Crippen molar-refractivity contribution in [3.63, 3.8) is 0 Å². The first-order valence-electron chi connectivity index (χ1n) is 8.12. The van der Waals surface area contributed by atoms with Crippen LogP contribution < -0.4 is 10.6 Å². The number of carbonyl (C=O) groups excluding carboxylic acids is 1. The van der Waals surface area contributed by atoms with E-state index in [9.17, 15) is 9.18 Å². The van der Waals surface area contributed by atoms with Crippen LogP contribution in [0.2, 0.25) is 0 Å². The monoisotopic (exact) mass is 331 g/mol. The summed E-state index contributed by atoms with van der Waals surface area (Å²) in [6.07, 6.45) is 2.95. The normalized spacial score (nSPS) is 17.4. The minimum atomic E-state index is -0.720. The van der Waals surface area contributed by atoms with Crippen molar-refractivity contribution in [2.24, 2.45) is 0 Å². The lowest BCUT2D eigenvalue weighted by Crippen LogP contribution is -2.57. The minimum absolute atomic E-state index is 0.0654. The number of nitrogens with zero attached hydrogens (tertiary/aromatic N) is 1. The van der Waals surface area contributed by atoms with Gasteiger partial charge in [0.25, 0.3) is 0 Å². The van der Waals surface area contributed by atoms with Gasteiger partial charge in [-0.25, -0.2) is 4.39 Å². The molecule has 0 aliphatic carbocycles. The Kier molecular flexibility index (Phi) is 4.85. The van der Waals surface area contributed by atoms with E-state index in [1.54, 1.807) is 25.4 Å². The van der Waals surface area contributed by atoms with Gasteiger partial charge in [-0.15, -0.1) is 0 Å². The Labute approximate surface area is 140 Å². The van der Waals surface area contributed by atoms with E-state index in [4.69, 9.17) is 4.42 Å². The predicted octanol–water partition coefficient (Wildman–Crippen LogP) is 2.61. The molecule has 128 valence electrons. The van der Waals surface area contributed by atoms with E-state index >= 15 is 0 Å². The third kappa shape index (κ3) is 3.59. The van der Waals surface area contributed by atoms with E-state index in [1.807, 2.05) is 12.1 Å². The van der Waals surface area contributed by atoms with Gasteiger partial charge in [0.15, 0.2) is 0 Å². The molecule has 0 bridgehead atoms.